The number of benzene rings is 1. The number of piperazine rings is 1. The molecule has 0 amide bonds. The van der Waals surface area contributed by atoms with E-state index in [1.807, 2.05) is 35.2 Å². The second-order valence-electron chi connectivity index (χ2n) is 3.99. The van der Waals surface area contributed by atoms with E-state index in [-0.39, 0.29) is 12.6 Å². The van der Waals surface area contributed by atoms with Crippen LogP contribution < -0.4 is 5.32 Å². The molecular weight excluding hydrogens is 204 g/mol. The van der Waals surface area contributed by atoms with Crippen LogP contribution in [0.4, 0.5) is 0 Å². The van der Waals surface area contributed by atoms with Crippen molar-refractivity contribution in [2.24, 2.45) is 0 Å². The lowest BCUT2D eigenvalue weighted by molar-refractivity contribution is -0.139. The number of nitrogens with zero attached hydrogens (tertiary/aromatic N) is 1. The number of hydrogen-bond donors (Lipinski definition) is 2. The van der Waals surface area contributed by atoms with Gasteiger partial charge in [-0.2, -0.15) is 0 Å². The van der Waals surface area contributed by atoms with Crippen molar-refractivity contribution in [1.82, 2.24) is 10.2 Å². The number of aliphatic carboxylic acids is 1. The summed E-state index contributed by atoms with van der Waals surface area (Å²) < 4.78 is 0. The van der Waals surface area contributed by atoms with Crippen molar-refractivity contribution < 1.29 is 9.90 Å². The zero-order chi connectivity index (χ0) is 11.4. The quantitative estimate of drug-likeness (QED) is 0.788. The van der Waals surface area contributed by atoms with E-state index in [4.69, 9.17) is 5.11 Å². The monoisotopic (exact) mass is 220 g/mol. The molecule has 0 radical (unpaired) electrons. The predicted molar refractivity (Wildman–Crippen MR) is 61.3 cm³/mol. The average Bonchev–Trinajstić information content (AvgIpc) is 2.30. The summed E-state index contributed by atoms with van der Waals surface area (Å²) in [5, 5.41) is 12.2. The van der Waals surface area contributed by atoms with Crippen LogP contribution in [0.1, 0.15) is 11.6 Å². The minimum Gasteiger partial charge on any atom is -0.480 e. The molecule has 2 N–H and O–H groups in total. The van der Waals surface area contributed by atoms with Crippen LogP contribution >= 0.6 is 0 Å². The summed E-state index contributed by atoms with van der Waals surface area (Å²) in [6.07, 6.45) is 0. The lowest BCUT2D eigenvalue weighted by Crippen LogP contribution is -2.47. The van der Waals surface area contributed by atoms with Gasteiger partial charge in [-0.3, -0.25) is 9.69 Å². The Morgan fingerprint density at radius 1 is 1.44 bits per heavy atom. The van der Waals surface area contributed by atoms with Gasteiger partial charge in [-0.25, -0.2) is 0 Å². The summed E-state index contributed by atoms with van der Waals surface area (Å²) in [6.45, 7) is 2.57. The molecule has 4 nitrogen and oxygen atoms in total. The Hall–Kier alpha value is -1.39. The van der Waals surface area contributed by atoms with Crippen LogP contribution in [0.2, 0.25) is 0 Å². The van der Waals surface area contributed by atoms with E-state index in [1.54, 1.807) is 0 Å². The average molecular weight is 220 g/mol. The maximum Gasteiger partial charge on any atom is 0.317 e. The number of carboxylic acid groups (broad SMARTS) is 1. The molecule has 1 heterocycles. The zero-order valence-electron chi connectivity index (χ0n) is 9.10. The van der Waals surface area contributed by atoms with E-state index in [2.05, 4.69) is 5.32 Å². The standard InChI is InChI=1S/C12H16N2O2/c15-12(16)9-14-7-6-13-8-11(14)10-4-2-1-3-5-10/h1-5,11,13H,6-9H2,(H,15,16). The van der Waals surface area contributed by atoms with Crippen molar-refractivity contribution in [1.29, 1.82) is 0 Å². The minimum atomic E-state index is -0.761. The Kier molecular flexibility index (Phi) is 3.54. The van der Waals surface area contributed by atoms with Crippen LogP contribution in [0.3, 0.4) is 0 Å². The van der Waals surface area contributed by atoms with Crippen molar-refractivity contribution in [3.8, 4) is 0 Å². The molecular formula is C12H16N2O2. The molecule has 1 aliphatic rings. The fourth-order valence-corrected chi connectivity index (χ4v) is 2.11. The van der Waals surface area contributed by atoms with Crippen LogP contribution in [0.5, 0.6) is 0 Å². The van der Waals surface area contributed by atoms with Gasteiger partial charge in [0.2, 0.25) is 0 Å². The van der Waals surface area contributed by atoms with Crippen LogP contribution in [0.25, 0.3) is 0 Å². The molecule has 1 saturated heterocycles. The number of carbonyl (C=O) groups is 1. The van der Waals surface area contributed by atoms with E-state index >= 15 is 0 Å². The summed E-state index contributed by atoms with van der Waals surface area (Å²) in [7, 11) is 0. The Balaban J connectivity index is 2.13. The van der Waals surface area contributed by atoms with Gasteiger partial charge in [-0.15, -0.1) is 0 Å². The Morgan fingerprint density at radius 3 is 2.88 bits per heavy atom. The van der Waals surface area contributed by atoms with Crippen molar-refractivity contribution in [3.05, 3.63) is 35.9 Å². The molecule has 86 valence electrons. The molecule has 2 rings (SSSR count). The topological polar surface area (TPSA) is 52.6 Å². The molecule has 1 aromatic rings. The summed E-state index contributed by atoms with van der Waals surface area (Å²) in [5.41, 5.74) is 1.18. The maximum absolute atomic E-state index is 10.8. The van der Waals surface area contributed by atoms with Crippen molar-refractivity contribution in [3.63, 3.8) is 0 Å². The highest BCUT2D eigenvalue weighted by Gasteiger charge is 2.24. The first-order valence-corrected chi connectivity index (χ1v) is 5.49. The van der Waals surface area contributed by atoms with Gasteiger partial charge in [-0.05, 0) is 5.56 Å². The zero-order valence-corrected chi connectivity index (χ0v) is 9.10. The largest absolute Gasteiger partial charge is 0.480 e. The van der Waals surface area contributed by atoms with Gasteiger partial charge in [0.15, 0.2) is 0 Å². The second-order valence-corrected chi connectivity index (χ2v) is 3.99. The Morgan fingerprint density at radius 2 is 2.19 bits per heavy atom. The summed E-state index contributed by atoms with van der Waals surface area (Å²) in [6, 6.07) is 10.2. The molecule has 0 saturated carbocycles. The fourth-order valence-electron chi connectivity index (χ4n) is 2.11. The number of rotatable bonds is 3. The molecule has 1 atom stereocenters. The first kappa shape index (κ1) is 11.1. The van der Waals surface area contributed by atoms with E-state index in [0.29, 0.717) is 0 Å². The molecule has 16 heavy (non-hydrogen) atoms. The summed E-state index contributed by atoms with van der Waals surface area (Å²) >= 11 is 0. The highest BCUT2D eigenvalue weighted by Crippen LogP contribution is 2.21. The van der Waals surface area contributed by atoms with Crippen molar-refractivity contribution in [2.75, 3.05) is 26.2 Å². The second kappa shape index (κ2) is 5.09. The lowest BCUT2D eigenvalue weighted by atomic mass is 10.0. The highest BCUT2D eigenvalue weighted by molar-refractivity contribution is 5.69. The van der Waals surface area contributed by atoms with E-state index in [1.165, 1.54) is 5.56 Å². The van der Waals surface area contributed by atoms with E-state index < -0.39 is 5.97 Å². The van der Waals surface area contributed by atoms with Gasteiger partial charge >= 0.3 is 5.97 Å². The van der Waals surface area contributed by atoms with Gasteiger partial charge in [0, 0.05) is 25.7 Å². The Bertz CT molecular complexity index is 353. The predicted octanol–water partition coefficient (Wildman–Crippen LogP) is 0.717. The molecule has 0 spiro atoms. The molecule has 1 fully saturated rings. The molecule has 1 unspecified atom stereocenters. The van der Waals surface area contributed by atoms with Crippen LogP contribution in [0.15, 0.2) is 30.3 Å². The van der Waals surface area contributed by atoms with Crippen molar-refractivity contribution >= 4 is 5.97 Å². The van der Waals surface area contributed by atoms with Gasteiger partial charge in [-0.1, -0.05) is 30.3 Å². The first-order valence-electron chi connectivity index (χ1n) is 5.49. The van der Waals surface area contributed by atoms with Gasteiger partial charge < -0.3 is 10.4 Å². The molecule has 1 aromatic carbocycles. The third kappa shape index (κ3) is 2.59. The highest BCUT2D eigenvalue weighted by atomic mass is 16.4. The SMILES string of the molecule is O=C(O)CN1CCNCC1c1ccccc1. The third-order valence-electron chi connectivity index (χ3n) is 2.88. The Labute approximate surface area is 94.9 Å². The number of hydrogen-bond acceptors (Lipinski definition) is 3. The van der Waals surface area contributed by atoms with Crippen molar-refractivity contribution in [2.45, 2.75) is 6.04 Å². The molecule has 4 heteroatoms. The maximum atomic E-state index is 10.8. The normalized spacial score (nSPS) is 21.9. The van der Waals surface area contributed by atoms with Gasteiger partial charge in [0.1, 0.15) is 0 Å². The molecule has 0 aromatic heterocycles. The lowest BCUT2D eigenvalue weighted by Gasteiger charge is -2.35. The van der Waals surface area contributed by atoms with Crippen LogP contribution in [-0.4, -0.2) is 42.2 Å². The first-order chi connectivity index (χ1) is 7.77. The van der Waals surface area contributed by atoms with Crippen LogP contribution in [0, 0.1) is 0 Å². The summed E-state index contributed by atoms with van der Waals surface area (Å²) in [4.78, 5) is 12.8. The third-order valence-corrected chi connectivity index (χ3v) is 2.88. The summed E-state index contributed by atoms with van der Waals surface area (Å²) in [5.74, 6) is -0.761. The van der Waals surface area contributed by atoms with Crippen LogP contribution in [-0.2, 0) is 4.79 Å². The molecule has 1 aliphatic heterocycles. The van der Waals surface area contributed by atoms with Gasteiger partial charge in [0.05, 0.1) is 6.54 Å². The number of carboxylic acids is 1. The molecule has 0 bridgehead atoms. The minimum absolute atomic E-state index is 0.112. The smallest absolute Gasteiger partial charge is 0.317 e. The molecule has 0 aliphatic carbocycles. The van der Waals surface area contributed by atoms with Gasteiger partial charge in [0.25, 0.3) is 0 Å². The van der Waals surface area contributed by atoms with E-state index in [0.717, 1.165) is 19.6 Å². The fraction of sp³-hybridized carbons (Fsp3) is 0.417. The number of nitrogens with one attached hydrogen (secondary N) is 1. The van der Waals surface area contributed by atoms with E-state index in [9.17, 15) is 4.79 Å².